The lowest BCUT2D eigenvalue weighted by atomic mass is 10.1. The molecular formula is C25H21N3O5. The summed E-state index contributed by atoms with van der Waals surface area (Å²) in [6.45, 7) is 0. The smallest absolute Gasteiger partial charge is 0.341 e. The van der Waals surface area contributed by atoms with E-state index in [2.05, 4.69) is 15.3 Å². The number of hydrogen-bond donors (Lipinski definition) is 1. The van der Waals surface area contributed by atoms with Crippen molar-refractivity contribution < 1.29 is 23.8 Å². The molecule has 8 nitrogen and oxygen atoms in total. The topological polar surface area (TPSA) is 99.6 Å². The fourth-order valence-corrected chi connectivity index (χ4v) is 3.35. The number of nitrogens with one attached hydrogen (secondary N) is 1. The van der Waals surface area contributed by atoms with Crippen molar-refractivity contribution in [2.45, 2.75) is 0 Å². The molecule has 1 aromatic heterocycles. The van der Waals surface area contributed by atoms with E-state index < -0.39 is 5.97 Å². The van der Waals surface area contributed by atoms with Gasteiger partial charge in [-0.1, -0.05) is 24.3 Å². The van der Waals surface area contributed by atoms with Crippen LogP contribution in [0.15, 0.2) is 66.7 Å². The molecule has 4 rings (SSSR count). The lowest BCUT2D eigenvalue weighted by Crippen LogP contribution is -2.10. The minimum Gasteiger partial charge on any atom is -0.497 e. The molecule has 0 fully saturated rings. The molecule has 0 aliphatic rings. The SMILES string of the molecule is COC(=O)c1ccc(Nc2nc(C(=O)c3cccc(OC)c3)nc3ccccc23)cc1OC. The van der Waals surface area contributed by atoms with Crippen molar-refractivity contribution >= 4 is 34.2 Å². The van der Waals surface area contributed by atoms with Gasteiger partial charge in [0.05, 0.1) is 26.8 Å². The van der Waals surface area contributed by atoms with Crippen molar-refractivity contribution in [3.05, 3.63) is 83.7 Å². The number of benzene rings is 3. The van der Waals surface area contributed by atoms with Crippen LogP contribution in [0.1, 0.15) is 26.5 Å². The summed E-state index contributed by atoms with van der Waals surface area (Å²) in [6, 6.07) is 19.2. The molecule has 33 heavy (non-hydrogen) atoms. The quantitative estimate of drug-likeness (QED) is 0.331. The number of esters is 1. The Kier molecular flexibility index (Phi) is 6.17. The van der Waals surface area contributed by atoms with Crippen LogP contribution in [-0.2, 0) is 4.74 Å². The first-order valence-corrected chi connectivity index (χ1v) is 10.0. The summed E-state index contributed by atoms with van der Waals surface area (Å²) in [5.74, 6) is 0.566. The maximum absolute atomic E-state index is 13.1. The monoisotopic (exact) mass is 443 g/mol. The molecule has 0 radical (unpaired) electrons. The Morgan fingerprint density at radius 1 is 0.848 bits per heavy atom. The largest absolute Gasteiger partial charge is 0.497 e. The lowest BCUT2D eigenvalue weighted by molar-refractivity contribution is 0.0597. The van der Waals surface area contributed by atoms with Crippen molar-refractivity contribution in [1.82, 2.24) is 9.97 Å². The van der Waals surface area contributed by atoms with Crippen LogP contribution in [0.3, 0.4) is 0 Å². The van der Waals surface area contributed by atoms with E-state index in [0.717, 1.165) is 5.39 Å². The van der Waals surface area contributed by atoms with Crippen LogP contribution in [0.4, 0.5) is 11.5 Å². The van der Waals surface area contributed by atoms with Crippen LogP contribution < -0.4 is 14.8 Å². The summed E-state index contributed by atoms with van der Waals surface area (Å²) in [5, 5.41) is 3.95. The van der Waals surface area contributed by atoms with Gasteiger partial charge < -0.3 is 19.5 Å². The second-order valence-corrected chi connectivity index (χ2v) is 7.01. The van der Waals surface area contributed by atoms with Gasteiger partial charge in [-0.05, 0) is 36.4 Å². The molecule has 0 spiro atoms. The van der Waals surface area contributed by atoms with Gasteiger partial charge in [-0.3, -0.25) is 4.79 Å². The Bertz CT molecular complexity index is 1350. The number of methoxy groups -OCH3 is 3. The number of nitrogens with zero attached hydrogens (tertiary/aromatic N) is 2. The molecule has 4 aromatic rings. The number of aromatic nitrogens is 2. The van der Waals surface area contributed by atoms with Crippen molar-refractivity contribution in [2.75, 3.05) is 26.6 Å². The maximum atomic E-state index is 13.1. The first-order chi connectivity index (χ1) is 16.0. The highest BCUT2D eigenvalue weighted by atomic mass is 16.5. The van der Waals surface area contributed by atoms with Gasteiger partial charge in [-0.15, -0.1) is 0 Å². The third-order valence-corrected chi connectivity index (χ3v) is 5.01. The van der Waals surface area contributed by atoms with Crippen LogP contribution in [0.2, 0.25) is 0 Å². The van der Waals surface area contributed by atoms with Gasteiger partial charge in [0, 0.05) is 22.7 Å². The normalized spacial score (nSPS) is 10.5. The zero-order chi connectivity index (χ0) is 23.4. The first-order valence-electron chi connectivity index (χ1n) is 10.0. The van der Waals surface area contributed by atoms with E-state index in [0.29, 0.717) is 39.6 Å². The molecule has 1 heterocycles. The number of para-hydroxylation sites is 1. The molecule has 0 bridgehead atoms. The van der Waals surface area contributed by atoms with E-state index in [4.69, 9.17) is 14.2 Å². The number of ketones is 1. The maximum Gasteiger partial charge on any atom is 0.341 e. The summed E-state index contributed by atoms with van der Waals surface area (Å²) >= 11 is 0. The molecule has 0 aliphatic heterocycles. The van der Waals surface area contributed by atoms with Crippen molar-refractivity contribution in [3.8, 4) is 11.5 Å². The fraction of sp³-hybridized carbons (Fsp3) is 0.120. The number of fused-ring (bicyclic) bond motifs is 1. The number of ether oxygens (including phenoxy) is 3. The Morgan fingerprint density at radius 2 is 1.67 bits per heavy atom. The van der Waals surface area contributed by atoms with Crippen molar-refractivity contribution in [2.24, 2.45) is 0 Å². The average Bonchev–Trinajstić information content (AvgIpc) is 2.87. The zero-order valence-corrected chi connectivity index (χ0v) is 18.3. The van der Waals surface area contributed by atoms with Gasteiger partial charge in [-0.25, -0.2) is 14.8 Å². The standard InChI is InChI=1S/C25H21N3O5/c1-31-17-8-6-7-15(13-17)22(29)24-27-20-10-5-4-9-18(20)23(28-24)26-16-11-12-19(25(30)33-3)21(14-16)32-2/h4-14H,1-3H3,(H,26,27,28). The predicted octanol–water partition coefficient (Wildman–Crippen LogP) is 4.41. The number of carbonyl (C=O) groups is 2. The van der Waals surface area contributed by atoms with Gasteiger partial charge in [0.25, 0.3) is 0 Å². The van der Waals surface area contributed by atoms with Crippen LogP contribution in [0.5, 0.6) is 11.5 Å². The molecule has 0 amide bonds. The molecule has 0 unspecified atom stereocenters. The minimum absolute atomic E-state index is 0.0441. The van der Waals surface area contributed by atoms with Gasteiger partial charge in [0.2, 0.25) is 11.6 Å². The highest BCUT2D eigenvalue weighted by Crippen LogP contribution is 2.29. The third-order valence-electron chi connectivity index (χ3n) is 5.01. The predicted molar refractivity (Wildman–Crippen MR) is 124 cm³/mol. The number of carbonyl (C=O) groups excluding carboxylic acids is 2. The summed E-state index contributed by atoms with van der Waals surface area (Å²) < 4.78 is 15.3. The Morgan fingerprint density at radius 3 is 2.42 bits per heavy atom. The molecule has 0 saturated carbocycles. The molecule has 1 N–H and O–H groups in total. The van der Waals surface area contributed by atoms with Gasteiger partial charge in [0.1, 0.15) is 22.9 Å². The summed E-state index contributed by atoms with van der Waals surface area (Å²) in [7, 11) is 4.32. The van der Waals surface area contributed by atoms with E-state index in [1.165, 1.54) is 21.3 Å². The highest BCUT2D eigenvalue weighted by Gasteiger charge is 2.18. The second-order valence-electron chi connectivity index (χ2n) is 7.01. The van der Waals surface area contributed by atoms with Crippen LogP contribution in [-0.4, -0.2) is 43.0 Å². The molecule has 3 aromatic carbocycles. The van der Waals surface area contributed by atoms with Gasteiger partial charge in [0.15, 0.2) is 0 Å². The summed E-state index contributed by atoms with van der Waals surface area (Å²) in [4.78, 5) is 34.1. The minimum atomic E-state index is -0.503. The van der Waals surface area contributed by atoms with Gasteiger partial charge >= 0.3 is 5.97 Å². The molecule has 0 saturated heterocycles. The van der Waals surface area contributed by atoms with Crippen LogP contribution in [0.25, 0.3) is 10.9 Å². The Hall–Kier alpha value is -4.46. The Labute approximate surface area is 190 Å². The number of hydrogen-bond acceptors (Lipinski definition) is 8. The van der Waals surface area contributed by atoms with E-state index in [-0.39, 0.29) is 11.6 Å². The number of rotatable bonds is 7. The molecule has 166 valence electrons. The third kappa shape index (κ3) is 4.45. The lowest BCUT2D eigenvalue weighted by Gasteiger charge is -2.13. The zero-order valence-electron chi connectivity index (χ0n) is 18.3. The fourth-order valence-electron chi connectivity index (χ4n) is 3.35. The summed E-state index contributed by atoms with van der Waals surface area (Å²) in [6.07, 6.45) is 0. The first kappa shape index (κ1) is 21.8. The second kappa shape index (κ2) is 9.35. The summed E-state index contributed by atoms with van der Waals surface area (Å²) in [5.41, 5.74) is 1.94. The number of anilines is 2. The van der Waals surface area contributed by atoms with E-state index in [1.54, 1.807) is 42.5 Å². The molecule has 0 atom stereocenters. The van der Waals surface area contributed by atoms with E-state index in [9.17, 15) is 9.59 Å². The van der Waals surface area contributed by atoms with Crippen molar-refractivity contribution in [3.63, 3.8) is 0 Å². The Balaban J connectivity index is 1.76. The highest BCUT2D eigenvalue weighted by molar-refractivity contribution is 6.08. The molecule has 0 aliphatic carbocycles. The van der Waals surface area contributed by atoms with E-state index in [1.807, 2.05) is 24.3 Å². The average molecular weight is 443 g/mol. The van der Waals surface area contributed by atoms with Crippen LogP contribution >= 0.6 is 0 Å². The van der Waals surface area contributed by atoms with Gasteiger partial charge in [-0.2, -0.15) is 0 Å². The van der Waals surface area contributed by atoms with Crippen LogP contribution in [0, 0.1) is 0 Å². The van der Waals surface area contributed by atoms with E-state index >= 15 is 0 Å². The van der Waals surface area contributed by atoms with Crippen molar-refractivity contribution in [1.29, 1.82) is 0 Å². The molecule has 8 heteroatoms. The molecular weight excluding hydrogens is 422 g/mol.